The lowest BCUT2D eigenvalue weighted by molar-refractivity contribution is 0.262. The third-order valence-corrected chi connectivity index (χ3v) is 3.63. The van der Waals surface area contributed by atoms with Crippen LogP contribution in [-0.4, -0.2) is 17.7 Å². The molecule has 2 aromatic rings. The molecule has 0 fully saturated rings. The van der Waals surface area contributed by atoms with Crippen LogP contribution in [0.15, 0.2) is 58.7 Å². The fraction of sp³-hybridized carbons (Fsp3) is 0.190. The van der Waals surface area contributed by atoms with E-state index in [1.165, 1.54) is 0 Å². The monoisotopic (exact) mass is 376 g/mol. The third-order valence-electron chi connectivity index (χ3n) is 3.63. The summed E-state index contributed by atoms with van der Waals surface area (Å²) in [5, 5.41) is 13.1. The van der Waals surface area contributed by atoms with Gasteiger partial charge in [-0.25, -0.2) is 4.79 Å². The number of carbonyl (C=O) groups is 1. The number of nitrogens with zero attached hydrogens (tertiary/aromatic N) is 2. The zero-order valence-electron chi connectivity index (χ0n) is 16.0. The van der Waals surface area contributed by atoms with Crippen molar-refractivity contribution in [3.63, 3.8) is 0 Å². The molecule has 0 heterocycles. The first-order valence-electron chi connectivity index (χ1n) is 8.88. The SMILES string of the molecule is CCCC#Cc1ccc(NC(=O)Nc2ccc(/C(C)=N/N=C(N)N)cc2)cc1. The van der Waals surface area contributed by atoms with Crippen molar-refractivity contribution >= 4 is 29.1 Å². The summed E-state index contributed by atoms with van der Waals surface area (Å²) in [4.78, 5) is 12.2. The van der Waals surface area contributed by atoms with Gasteiger partial charge in [0.15, 0.2) is 0 Å². The summed E-state index contributed by atoms with van der Waals surface area (Å²) in [5.74, 6) is 6.08. The van der Waals surface area contributed by atoms with E-state index in [2.05, 4.69) is 39.6 Å². The van der Waals surface area contributed by atoms with Gasteiger partial charge in [-0.3, -0.25) is 0 Å². The van der Waals surface area contributed by atoms with Gasteiger partial charge < -0.3 is 22.1 Å². The molecule has 0 atom stereocenters. The summed E-state index contributed by atoms with van der Waals surface area (Å²) in [7, 11) is 0. The van der Waals surface area contributed by atoms with Gasteiger partial charge in [0, 0.05) is 23.4 Å². The molecule has 0 bridgehead atoms. The number of hydrogen-bond acceptors (Lipinski definition) is 3. The summed E-state index contributed by atoms with van der Waals surface area (Å²) >= 11 is 0. The highest BCUT2D eigenvalue weighted by Gasteiger charge is 2.04. The predicted octanol–water partition coefficient (Wildman–Crippen LogP) is 3.48. The highest BCUT2D eigenvalue weighted by atomic mass is 16.2. The average molecular weight is 376 g/mol. The zero-order chi connectivity index (χ0) is 20.4. The molecule has 0 aliphatic rings. The summed E-state index contributed by atoms with van der Waals surface area (Å²) in [6, 6.07) is 14.3. The first-order valence-corrected chi connectivity index (χ1v) is 8.88. The number of anilines is 2. The van der Waals surface area contributed by atoms with Gasteiger partial charge in [-0.1, -0.05) is 30.9 Å². The number of nitrogens with two attached hydrogens (primary N) is 2. The highest BCUT2D eigenvalue weighted by molar-refractivity contribution is 6.01. The van der Waals surface area contributed by atoms with Crippen LogP contribution in [0.5, 0.6) is 0 Å². The predicted molar refractivity (Wildman–Crippen MR) is 115 cm³/mol. The summed E-state index contributed by atoms with van der Waals surface area (Å²) in [5.41, 5.74) is 14.3. The Morgan fingerprint density at radius 2 is 1.54 bits per heavy atom. The van der Waals surface area contributed by atoms with Crippen molar-refractivity contribution in [2.75, 3.05) is 10.6 Å². The van der Waals surface area contributed by atoms with Crippen LogP contribution in [0.2, 0.25) is 0 Å². The number of rotatable bonds is 5. The van der Waals surface area contributed by atoms with Crippen LogP contribution in [0, 0.1) is 11.8 Å². The molecule has 7 nitrogen and oxygen atoms in total. The van der Waals surface area contributed by atoms with E-state index in [0.29, 0.717) is 17.1 Å². The molecular formula is C21H24N6O. The maximum atomic E-state index is 12.2. The largest absolute Gasteiger partial charge is 0.369 e. The maximum Gasteiger partial charge on any atom is 0.323 e. The van der Waals surface area contributed by atoms with Crippen LogP contribution < -0.4 is 22.1 Å². The van der Waals surface area contributed by atoms with Crippen LogP contribution in [-0.2, 0) is 0 Å². The number of urea groups is 1. The van der Waals surface area contributed by atoms with Crippen molar-refractivity contribution in [1.29, 1.82) is 0 Å². The molecule has 2 amide bonds. The fourth-order valence-electron chi connectivity index (χ4n) is 2.21. The number of unbranched alkanes of at least 4 members (excludes halogenated alkanes) is 1. The maximum absolute atomic E-state index is 12.2. The molecule has 6 N–H and O–H groups in total. The zero-order valence-corrected chi connectivity index (χ0v) is 16.0. The van der Waals surface area contributed by atoms with Crippen molar-refractivity contribution in [2.24, 2.45) is 21.7 Å². The standard InChI is InChI=1S/C21H24N6O/c1-3-4-5-6-16-7-11-18(12-8-16)24-21(28)25-19-13-9-17(10-14-19)15(2)26-27-20(22)23/h7-14H,3-4H2,1-2H3,(H4,22,23,27)(H2,24,25,28)/b26-15+. The minimum Gasteiger partial charge on any atom is -0.369 e. The van der Waals surface area contributed by atoms with E-state index >= 15 is 0 Å². The summed E-state index contributed by atoms with van der Waals surface area (Å²) in [6.07, 6.45) is 1.91. The topological polar surface area (TPSA) is 118 Å². The Labute approximate surface area is 164 Å². The van der Waals surface area contributed by atoms with Gasteiger partial charge in [0.2, 0.25) is 5.96 Å². The molecule has 0 spiro atoms. The number of amides is 2. The fourth-order valence-corrected chi connectivity index (χ4v) is 2.21. The van der Waals surface area contributed by atoms with Crippen LogP contribution in [0.3, 0.4) is 0 Å². The van der Waals surface area contributed by atoms with E-state index in [1.807, 2.05) is 36.4 Å². The molecule has 0 aliphatic heterocycles. The summed E-state index contributed by atoms with van der Waals surface area (Å²) < 4.78 is 0. The van der Waals surface area contributed by atoms with Crippen LogP contribution >= 0.6 is 0 Å². The number of guanidine groups is 1. The average Bonchev–Trinajstić information content (AvgIpc) is 2.68. The lowest BCUT2D eigenvalue weighted by Gasteiger charge is -2.08. The second-order valence-corrected chi connectivity index (χ2v) is 6.00. The first kappa shape index (κ1) is 20.5. The Hall–Kier alpha value is -3.79. The molecule has 0 unspecified atom stereocenters. The molecule has 28 heavy (non-hydrogen) atoms. The van der Waals surface area contributed by atoms with E-state index in [0.717, 1.165) is 24.0 Å². The van der Waals surface area contributed by atoms with Crippen molar-refractivity contribution in [3.05, 3.63) is 59.7 Å². The van der Waals surface area contributed by atoms with E-state index < -0.39 is 0 Å². The molecule has 144 valence electrons. The quantitative estimate of drug-likeness (QED) is 0.277. The molecule has 0 saturated heterocycles. The minimum absolute atomic E-state index is 0.102. The number of hydrogen-bond donors (Lipinski definition) is 4. The summed E-state index contributed by atoms with van der Waals surface area (Å²) in [6.45, 7) is 3.88. The van der Waals surface area contributed by atoms with E-state index in [1.54, 1.807) is 19.1 Å². The minimum atomic E-state index is -0.330. The Kier molecular flexibility index (Phi) is 7.61. The van der Waals surface area contributed by atoms with Gasteiger partial charge in [0.05, 0.1) is 5.71 Å². The molecule has 2 aromatic carbocycles. The Morgan fingerprint density at radius 3 is 2.07 bits per heavy atom. The van der Waals surface area contributed by atoms with Gasteiger partial charge in [-0.15, -0.1) is 5.10 Å². The van der Waals surface area contributed by atoms with Gasteiger partial charge in [0.1, 0.15) is 0 Å². The van der Waals surface area contributed by atoms with Gasteiger partial charge in [-0.05, 0) is 55.3 Å². The Morgan fingerprint density at radius 1 is 0.964 bits per heavy atom. The van der Waals surface area contributed by atoms with Crippen LogP contribution in [0.1, 0.15) is 37.8 Å². The number of carbonyl (C=O) groups excluding carboxylic acids is 1. The molecule has 0 aliphatic carbocycles. The smallest absolute Gasteiger partial charge is 0.323 e. The highest BCUT2D eigenvalue weighted by Crippen LogP contribution is 2.13. The van der Waals surface area contributed by atoms with Gasteiger partial charge in [-0.2, -0.15) is 5.10 Å². The number of nitrogens with one attached hydrogen (secondary N) is 2. The second kappa shape index (κ2) is 10.4. The lowest BCUT2D eigenvalue weighted by atomic mass is 10.1. The molecule has 0 saturated carbocycles. The van der Waals surface area contributed by atoms with Gasteiger partial charge >= 0.3 is 6.03 Å². The van der Waals surface area contributed by atoms with Crippen LogP contribution in [0.25, 0.3) is 0 Å². The first-order chi connectivity index (χ1) is 13.5. The van der Waals surface area contributed by atoms with E-state index in [-0.39, 0.29) is 12.0 Å². The van der Waals surface area contributed by atoms with E-state index in [9.17, 15) is 4.79 Å². The van der Waals surface area contributed by atoms with E-state index in [4.69, 9.17) is 11.5 Å². The van der Waals surface area contributed by atoms with Crippen molar-refractivity contribution in [3.8, 4) is 11.8 Å². The molecule has 0 aromatic heterocycles. The van der Waals surface area contributed by atoms with Crippen molar-refractivity contribution in [1.82, 2.24) is 0 Å². The molecule has 7 heteroatoms. The lowest BCUT2D eigenvalue weighted by Crippen LogP contribution is -2.22. The molecule has 0 radical (unpaired) electrons. The second-order valence-electron chi connectivity index (χ2n) is 6.00. The number of benzene rings is 2. The Bertz CT molecular complexity index is 914. The molecule has 2 rings (SSSR count). The van der Waals surface area contributed by atoms with Gasteiger partial charge in [0.25, 0.3) is 0 Å². The van der Waals surface area contributed by atoms with Crippen molar-refractivity contribution < 1.29 is 4.79 Å². The third kappa shape index (κ3) is 6.84. The van der Waals surface area contributed by atoms with Crippen molar-refractivity contribution in [2.45, 2.75) is 26.7 Å². The van der Waals surface area contributed by atoms with Crippen LogP contribution in [0.4, 0.5) is 16.2 Å². The molecular weight excluding hydrogens is 352 g/mol. The Balaban J connectivity index is 1.93. The normalized spacial score (nSPS) is 10.4.